The monoisotopic (exact) mass is 274 g/mol. The first-order valence-corrected chi connectivity index (χ1v) is 7.16. The molecule has 1 aliphatic rings. The SMILES string of the molecule is COc1cccc(NC(=O)N/C=C/C2CCCCC2)c1. The molecule has 0 heterocycles. The van der Waals surface area contributed by atoms with Crippen molar-refractivity contribution >= 4 is 11.7 Å². The number of carbonyl (C=O) groups is 1. The Hall–Kier alpha value is -1.97. The van der Waals surface area contributed by atoms with Gasteiger partial charge in [-0.25, -0.2) is 4.79 Å². The fourth-order valence-electron chi connectivity index (χ4n) is 2.45. The Labute approximate surface area is 120 Å². The molecule has 2 amide bonds. The maximum absolute atomic E-state index is 11.7. The van der Waals surface area contributed by atoms with E-state index < -0.39 is 0 Å². The van der Waals surface area contributed by atoms with Crippen LogP contribution in [-0.4, -0.2) is 13.1 Å². The van der Waals surface area contributed by atoms with Gasteiger partial charge in [0.15, 0.2) is 0 Å². The maximum Gasteiger partial charge on any atom is 0.323 e. The molecular weight excluding hydrogens is 252 g/mol. The van der Waals surface area contributed by atoms with Gasteiger partial charge in [0.25, 0.3) is 0 Å². The third kappa shape index (κ3) is 4.61. The van der Waals surface area contributed by atoms with Gasteiger partial charge >= 0.3 is 6.03 Å². The Morgan fingerprint density at radius 1 is 1.30 bits per heavy atom. The van der Waals surface area contributed by atoms with E-state index in [1.165, 1.54) is 32.1 Å². The zero-order chi connectivity index (χ0) is 14.2. The van der Waals surface area contributed by atoms with Gasteiger partial charge in [0.05, 0.1) is 7.11 Å². The summed E-state index contributed by atoms with van der Waals surface area (Å²) in [7, 11) is 1.60. The molecule has 1 aromatic carbocycles. The fourth-order valence-corrected chi connectivity index (χ4v) is 2.45. The second-order valence-corrected chi connectivity index (χ2v) is 5.09. The minimum absolute atomic E-state index is 0.231. The standard InChI is InChI=1S/C16H22N2O2/c1-20-15-9-5-8-14(12-15)18-16(19)17-11-10-13-6-3-2-4-7-13/h5,8-13H,2-4,6-7H2,1H3,(H2,17,18,19)/b11-10+. The van der Waals surface area contributed by atoms with Gasteiger partial charge in [-0.2, -0.15) is 0 Å². The van der Waals surface area contributed by atoms with Crippen LogP contribution in [0.1, 0.15) is 32.1 Å². The third-order valence-corrected chi connectivity index (χ3v) is 3.56. The second kappa shape index (κ2) is 7.58. The molecule has 0 radical (unpaired) electrons. The van der Waals surface area contributed by atoms with Crippen LogP contribution >= 0.6 is 0 Å². The van der Waals surface area contributed by atoms with E-state index in [4.69, 9.17) is 4.74 Å². The lowest BCUT2D eigenvalue weighted by atomic mass is 9.89. The normalized spacial score (nSPS) is 16.1. The van der Waals surface area contributed by atoms with Crippen LogP contribution in [0.5, 0.6) is 5.75 Å². The van der Waals surface area contributed by atoms with Crippen molar-refractivity contribution in [3.8, 4) is 5.75 Å². The molecular formula is C16H22N2O2. The number of allylic oxidation sites excluding steroid dienone is 1. The van der Waals surface area contributed by atoms with Crippen LogP contribution < -0.4 is 15.4 Å². The first-order valence-electron chi connectivity index (χ1n) is 7.16. The Morgan fingerprint density at radius 3 is 2.85 bits per heavy atom. The van der Waals surface area contributed by atoms with Crippen LogP contribution in [0.2, 0.25) is 0 Å². The molecule has 1 aromatic rings. The number of benzene rings is 1. The molecule has 2 rings (SSSR count). The predicted octanol–water partition coefficient (Wildman–Crippen LogP) is 3.91. The molecule has 1 fully saturated rings. The van der Waals surface area contributed by atoms with Crippen molar-refractivity contribution in [3.05, 3.63) is 36.5 Å². The number of ether oxygens (including phenoxy) is 1. The highest BCUT2D eigenvalue weighted by atomic mass is 16.5. The largest absolute Gasteiger partial charge is 0.497 e. The van der Waals surface area contributed by atoms with Crippen molar-refractivity contribution in [3.63, 3.8) is 0 Å². The van der Waals surface area contributed by atoms with E-state index >= 15 is 0 Å². The highest BCUT2D eigenvalue weighted by Crippen LogP contribution is 2.24. The molecule has 0 unspecified atom stereocenters. The number of amides is 2. The molecule has 0 aliphatic heterocycles. The summed E-state index contributed by atoms with van der Waals surface area (Å²) >= 11 is 0. The first kappa shape index (κ1) is 14.4. The highest BCUT2D eigenvalue weighted by Gasteiger charge is 2.09. The summed E-state index contributed by atoms with van der Waals surface area (Å²) < 4.78 is 5.11. The molecule has 1 aliphatic carbocycles. The molecule has 20 heavy (non-hydrogen) atoms. The average Bonchev–Trinajstić information content (AvgIpc) is 2.48. The Bertz CT molecular complexity index is 465. The van der Waals surface area contributed by atoms with Gasteiger partial charge in [0.2, 0.25) is 0 Å². The first-order chi connectivity index (χ1) is 9.78. The molecule has 0 aromatic heterocycles. The van der Waals surface area contributed by atoms with Crippen molar-refractivity contribution in [2.45, 2.75) is 32.1 Å². The number of anilines is 1. The van der Waals surface area contributed by atoms with Crippen LogP contribution in [0, 0.1) is 5.92 Å². The van der Waals surface area contributed by atoms with Gasteiger partial charge in [-0.05, 0) is 30.9 Å². The Morgan fingerprint density at radius 2 is 2.10 bits per heavy atom. The lowest BCUT2D eigenvalue weighted by molar-refractivity contribution is 0.255. The molecule has 1 saturated carbocycles. The molecule has 4 nitrogen and oxygen atoms in total. The van der Waals surface area contributed by atoms with Gasteiger partial charge in [-0.1, -0.05) is 31.4 Å². The topological polar surface area (TPSA) is 50.4 Å². The number of methoxy groups -OCH3 is 1. The van der Waals surface area contributed by atoms with E-state index in [2.05, 4.69) is 16.7 Å². The van der Waals surface area contributed by atoms with Crippen molar-refractivity contribution in [2.75, 3.05) is 12.4 Å². The van der Waals surface area contributed by atoms with E-state index in [1.807, 2.05) is 18.2 Å². The molecule has 0 saturated heterocycles. The van der Waals surface area contributed by atoms with Gasteiger partial charge < -0.3 is 15.4 Å². The molecule has 0 spiro atoms. The average molecular weight is 274 g/mol. The predicted molar refractivity (Wildman–Crippen MR) is 80.9 cm³/mol. The smallest absolute Gasteiger partial charge is 0.323 e. The zero-order valence-corrected chi connectivity index (χ0v) is 11.9. The number of nitrogens with one attached hydrogen (secondary N) is 2. The van der Waals surface area contributed by atoms with Crippen LogP contribution in [0.4, 0.5) is 10.5 Å². The highest BCUT2D eigenvalue weighted by molar-refractivity contribution is 5.90. The van der Waals surface area contributed by atoms with Crippen molar-refractivity contribution in [2.24, 2.45) is 5.92 Å². The number of hydrogen-bond donors (Lipinski definition) is 2. The zero-order valence-electron chi connectivity index (χ0n) is 11.9. The van der Waals surface area contributed by atoms with Gasteiger partial charge in [-0.3, -0.25) is 0 Å². The van der Waals surface area contributed by atoms with Gasteiger partial charge in [0, 0.05) is 18.0 Å². The van der Waals surface area contributed by atoms with E-state index in [1.54, 1.807) is 19.4 Å². The van der Waals surface area contributed by atoms with Gasteiger partial charge in [-0.15, -0.1) is 0 Å². The number of rotatable bonds is 4. The Kier molecular flexibility index (Phi) is 5.47. The summed E-state index contributed by atoms with van der Waals surface area (Å²) in [5, 5.41) is 5.52. The summed E-state index contributed by atoms with van der Waals surface area (Å²) in [4.78, 5) is 11.7. The molecule has 0 atom stereocenters. The summed E-state index contributed by atoms with van der Waals surface area (Å²) in [6.45, 7) is 0. The van der Waals surface area contributed by atoms with Crippen molar-refractivity contribution < 1.29 is 9.53 Å². The molecule has 2 N–H and O–H groups in total. The minimum atomic E-state index is -0.231. The van der Waals surface area contributed by atoms with Crippen molar-refractivity contribution in [1.29, 1.82) is 0 Å². The van der Waals surface area contributed by atoms with E-state index in [9.17, 15) is 4.79 Å². The fraction of sp³-hybridized carbons (Fsp3) is 0.438. The van der Waals surface area contributed by atoms with E-state index in [0.717, 1.165) is 5.75 Å². The lowest BCUT2D eigenvalue weighted by Crippen LogP contribution is -2.24. The Balaban J connectivity index is 1.78. The molecule has 4 heteroatoms. The molecule has 108 valence electrons. The summed E-state index contributed by atoms with van der Waals surface area (Å²) in [5.74, 6) is 1.33. The van der Waals surface area contributed by atoms with E-state index in [0.29, 0.717) is 11.6 Å². The lowest BCUT2D eigenvalue weighted by Gasteiger charge is -2.17. The second-order valence-electron chi connectivity index (χ2n) is 5.09. The summed E-state index contributed by atoms with van der Waals surface area (Å²) in [6.07, 6.45) is 10.3. The maximum atomic E-state index is 11.7. The van der Waals surface area contributed by atoms with Crippen LogP contribution in [-0.2, 0) is 0 Å². The minimum Gasteiger partial charge on any atom is -0.497 e. The van der Waals surface area contributed by atoms with Gasteiger partial charge in [0.1, 0.15) is 5.75 Å². The van der Waals surface area contributed by atoms with Crippen LogP contribution in [0.3, 0.4) is 0 Å². The number of carbonyl (C=O) groups excluding carboxylic acids is 1. The number of urea groups is 1. The van der Waals surface area contributed by atoms with Crippen molar-refractivity contribution in [1.82, 2.24) is 5.32 Å². The van der Waals surface area contributed by atoms with Crippen LogP contribution in [0.15, 0.2) is 36.5 Å². The quantitative estimate of drug-likeness (QED) is 0.874. The summed E-state index contributed by atoms with van der Waals surface area (Å²) in [5.41, 5.74) is 0.716. The van der Waals surface area contributed by atoms with Crippen LogP contribution in [0.25, 0.3) is 0 Å². The molecule has 0 bridgehead atoms. The van der Waals surface area contributed by atoms with E-state index in [-0.39, 0.29) is 6.03 Å². The third-order valence-electron chi connectivity index (χ3n) is 3.56. The number of hydrogen-bond acceptors (Lipinski definition) is 2. The summed E-state index contributed by atoms with van der Waals surface area (Å²) in [6, 6.07) is 7.06.